The molecule has 4 nitrogen and oxygen atoms in total. The van der Waals surface area contributed by atoms with Gasteiger partial charge in [0.2, 0.25) is 0 Å². The summed E-state index contributed by atoms with van der Waals surface area (Å²) < 4.78 is 5.44. The van der Waals surface area contributed by atoms with Crippen LogP contribution in [-0.4, -0.2) is 64.2 Å². The summed E-state index contributed by atoms with van der Waals surface area (Å²) in [6, 6.07) is 0. The first-order valence-electron chi connectivity index (χ1n) is 6.89. The third-order valence-electron chi connectivity index (χ3n) is 3.72. The van der Waals surface area contributed by atoms with Gasteiger partial charge in [0.15, 0.2) is 5.96 Å². The first kappa shape index (κ1) is 15.3. The Balaban J connectivity index is 2.73. The summed E-state index contributed by atoms with van der Waals surface area (Å²) in [6.45, 7) is 1.72. The summed E-state index contributed by atoms with van der Waals surface area (Å²) in [6.07, 6.45) is 6.50. The van der Waals surface area contributed by atoms with E-state index in [4.69, 9.17) is 9.73 Å². The van der Waals surface area contributed by atoms with Crippen LogP contribution in [0.3, 0.4) is 0 Å². The second kappa shape index (κ2) is 6.98. The molecule has 0 unspecified atom stereocenters. The van der Waals surface area contributed by atoms with Crippen molar-refractivity contribution >= 4 is 5.96 Å². The minimum absolute atomic E-state index is 0.268. The summed E-state index contributed by atoms with van der Waals surface area (Å²) in [5, 5.41) is 0. The van der Waals surface area contributed by atoms with Gasteiger partial charge in [-0.1, -0.05) is 19.3 Å². The van der Waals surface area contributed by atoms with Crippen molar-refractivity contribution in [2.45, 2.75) is 32.1 Å². The molecule has 4 heteroatoms. The highest BCUT2D eigenvalue weighted by Crippen LogP contribution is 2.36. The van der Waals surface area contributed by atoms with E-state index in [0.717, 1.165) is 19.1 Å². The van der Waals surface area contributed by atoms with E-state index in [2.05, 4.69) is 9.80 Å². The molecule has 0 aromatic heterocycles. The summed E-state index contributed by atoms with van der Waals surface area (Å²) in [5.41, 5.74) is 0.268. The zero-order chi connectivity index (χ0) is 13.6. The van der Waals surface area contributed by atoms with E-state index in [1.54, 1.807) is 7.11 Å². The molecule has 0 atom stereocenters. The van der Waals surface area contributed by atoms with Crippen LogP contribution in [0.15, 0.2) is 4.99 Å². The Kier molecular flexibility index (Phi) is 5.93. The van der Waals surface area contributed by atoms with Crippen LogP contribution in [0, 0.1) is 5.41 Å². The summed E-state index contributed by atoms with van der Waals surface area (Å²) >= 11 is 0. The van der Waals surface area contributed by atoms with Gasteiger partial charge in [-0.15, -0.1) is 0 Å². The van der Waals surface area contributed by atoms with Crippen LogP contribution in [0.2, 0.25) is 0 Å². The van der Waals surface area contributed by atoms with E-state index in [1.165, 1.54) is 32.1 Å². The molecule has 0 radical (unpaired) electrons. The van der Waals surface area contributed by atoms with E-state index < -0.39 is 0 Å². The first-order valence-corrected chi connectivity index (χ1v) is 6.89. The number of hydrogen-bond acceptors (Lipinski definition) is 2. The zero-order valence-corrected chi connectivity index (χ0v) is 12.7. The van der Waals surface area contributed by atoms with Gasteiger partial charge >= 0.3 is 0 Å². The Morgan fingerprint density at radius 1 is 1.06 bits per heavy atom. The van der Waals surface area contributed by atoms with Crippen molar-refractivity contribution in [3.63, 3.8) is 0 Å². The van der Waals surface area contributed by atoms with Gasteiger partial charge in [-0.2, -0.15) is 0 Å². The normalized spacial score (nSPS) is 18.3. The molecular formula is C14H29N3O. The number of rotatable bonds is 4. The fourth-order valence-electron chi connectivity index (χ4n) is 2.88. The van der Waals surface area contributed by atoms with E-state index in [9.17, 15) is 0 Å². The fourth-order valence-corrected chi connectivity index (χ4v) is 2.88. The van der Waals surface area contributed by atoms with Crippen molar-refractivity contribution in [1.82, 2.24) is 9.80 Å². The number of nitrogens with zero attached hydrogens (tertiary/aromatic N) is 3. The molecule has 1 saturated carbocycles. The lowest BCUT2D eigenvalue weighted by Gasteiger charge is -2.36. The molecule has 0 heterocycles. The number of aliphatic imine (C=N–C) groups is 1. The van der Waals surface area contributed by atoms with Gasteiger partial charge in [0.05, 0.1) is 13.2 Å². The molecule has 1 fully saturated rings. The Labute approximate surface area is 112 Å². The molecule has 0 aromatic rings. The highest BCUT2D eigenvalue weighted by Gasteiger charge is 2.32. The lowest BCUT2D eigenvalue weighted by molar-refractivity contribution is 0.0552. The van der Waals surface area contributed by atoms with Crippen LogP contribution in [0.5, 0.6) is 0 Å². The average Bonchev–Trinajstić information content (AvgIpc) is 2.29. The standard InChI is InChI=1S/C14H29N3O/c1-16(2)13(17(3)4)15-11-14(12-18-5)9-7-6-8-10-14/h6-12H2,1-5H3. The monoisotopic (exact) mass is 255 g/mol. The molecule has 0 bridgehead atoms. The number of ether oxygens (including phenoxy) is 1. The van der Waals surface area contributed by atoms with Crippen molar-refractivity contribution in [1.29, 1.82) is 0 Å². The Morgan fingerprint density at radius 2 is 1.61 bits per heavy atom. The van der Waals surface area contributed by atoms with E-state index in [-0.39, 0.29) is 5.41 Å². The Hall–Kier alpha value is -0.770. The van der Waals surface area contributed by atoms with Gasteiger partial charge in [0.1, 0.15) is 0 Å². The van der Waals surface area contributed by atoms with Gasteiger partial charge in [0, 0.05) is 40.7 Å². The maximum Gasteiger partial charge on any atom is 0.195 e. The summed E-state index contributed by atoms with van der Waals surface area (Å²) in [5.74, 6) is 1.04. The summed E-state index contributed by atoms with van der Waals surface area (Å²) in [4.78, 5) is 8.97. The number of methoxy groups -OCH3 is 1. The molecule has 0 N–H and O–H groups in total. The average molecular weight is 255 g/mol. The Morgan fingerprint density at radius 3 is 2.06 bits per heavy atom. The highest BCUT2D eigenvalue weighted by atomic mass is 16.5. The van der Waals surface area contributed by atoms with Crippen LogP contribution >= 0.6 is 0 Å². The SMILES string of the molecule is COCC1(CN=C(N(C)C)N(C)C)CCCCC1. The molecular weight excluding hydrogens is 226 g/mol. The zero-order valence-electron chi connectivity index (χ0n) is 12.7. The smallest absolute Gasteiger partial charge is 0.195 e. The van der Waals surface area contributed by atoms with Gasteiger partial charge < -0.3 is 14.5 Å². The number of guanidine groups is 1. The molecule has 0 aliphatic heterocycles. The van der Waals surface area contributed by atoms with E-state index >= 15 is 0 Å². The third-order valence-corrected chi connectivity index (χ3v) is 3.72. The topological polar surface area (TPSA) is 28.1 Å². The van der Waals surface area contributed by atoms with Crippen LogP contribution in [0.1, 0.15) is 32.1 Å². The minimum Gasteiger partial charge on any atom is -0.384 e. The van der Waals surface area contributed by atoms with Crippen molar-refractivity contribution in [2.24, 2.45) is 10.4 Å². The van der Waals surface area contributed by atoms with Gasteiger partial charge in [-0.25, -0.2) is 0 Å². The largest absolute Gasteiger partial charge is 0.384 e. The quantitative estimate of drug-likeness (QED) is 0.568. The molecule has 0 amide bonds. The van der Waals surface area contributed by atoms with Crippen molar-refractivity contribution in [2.75, 3.05) is 48.5 Å². The highest BCUT2D eigenvalue weighted by molar-refractivity contribution is 5.79. The second-order valence-corrected chi connectivity index (χ2v) is 5.90. The molecule has 0 aromatic carbocycles. The van der Waals surface area contributed by atoms with Crippen LogP contribution in [-0.2, 0) is 4.74 Å². The summed E-state index contributed by atoms with van der Waals surface area (Å²) in [7, 11) is 9.98. The molecule has 18 heavy (non-hydrogen) atoms. The fraction of sp³-hybridized carbons (Fsp3) is 0.929. The van der Waals surface area contributed by atoms with Crippen LogP contribution in [0.25, 0.3) is 0 Å². The predicted octanol–water partition coefficient (Wildman–Crippen LogP) is 2.06. The molecule has 1 rings (SSSR count). The van der Waals surface area contributed by atoms with Crippen LogP contribution in [0.4, 0.5) is 0 Å². The predicted molar refractivity (Wildman–Crippen MR) is 77.1 cm³/mol. The maximum atomic E-state index is 5.44. The first-order chi connectivity index (χ1) is 8.51. The third kappa shape index (κ3) is 4.16. The lowest BCUT2D eigenvalue weighted by Crippen LogP contribution is -2.38. The maximum absolute atomic E-state index is 5.44. The second-order valence-electron chi connectivity index (χ2n) is 5.90. The molecule has 106 valence electrons. The van der Waals surface area contributed by atoms with Crippen molar-refractivity contribution in [3.8, 4) is 0 Å². The van der Waals surface area contributed by atoms with Gasteiger partial charge in [0.25, 0.3) is 0 Å². The number of hydrogen-bond donors (Lipinski definition) is 0. The van der Waals surface area contributed by atoms with Crippen LogP contribution < -0.4 is 0 Å². The van der Waals surface area contributed by atoms with Gasteiger partial charge in [-0.05, 0) is 12.8 Å². The molecule has 1 aliphatic carbocycles. The Bertz CT molecular complexity index is 253. The lowest BCUT2D eigenvalue weighted by atomic mass is 9.74. The molecule has 0 spiro atoms. The van der Waals surface area contributed by atoms with E-state index in [1.807, 2.05) is 28.2 Å². The van der Waals surface area contributed by atoms with Gasteiger partial charge in [-0.3, -0.25) is 4.99 Å². The molecule has 0 saturated heterocycles. The minimum atomic E-state index is 0.268. The van der Waals surface area contributed by atoms with Crippen molar-refractivity contribution < 1.29 is 4.74 Å². The van der Waals surface area contributed by atoms with E-state index in [0.29, 0.717) is 0 Å². The van der Waals surface area contributed by atoms with Crippen molar-refractivity contribution in [3.05, 3.63) is 0 Å². The molecule has 1 aliphatic rings.